The van der Waals surface area contributed by atoms with Crippen molar-refractivity contribution in [3.8, 4) is 0 Å². The molecule has 2 rings (SSSR count). The Morgan fingerprint density at radius 1 is 1.00 bits per heavy atom. The molecule has 2 aromatic rings. The van der Waals surface area contributed by atoms with Gasteiger partial charge in [-0.05, 0) is 30.7 Å². The minimum Gasteiger partial charge on any atom is -0.354 e. The maximum Gasteiger partial charge on any atom is 0.222 e. The van der Waals surface area contributed by atoms with Crippen LogP contribution in [0.3, 0.4) is 0 Å². The van der Waals surface area contributed by atoms with Crippen LogP contribution in [0, 0.1) is 0 Å². The van der Waals surface area contributed by atoms with Crippen molar-refractivity contribution in [1.82, 2.24) is 20.3 Å². The van der Waals surface area contributed by atoms with Gasteiger partial charge in [-0.3, -0.25) is 4.98 Å². The van der Waals surface area contributed by atoms with Gasteiger partial charge in [0, 0.05) is 37.9 Å². The molecule has 0 spiro atoms. The lowest BCUT2D eigenvalue weighted by Gasteiger charge is -2.05. The van der Waals surface area contributed by atoms with Crippen LogP contribution in [0.5, 0.6) is 0 Å². The van der Waals surface area contributed by atoms with Gasteiger partial charge in [-0.15, -0.1) is 0 Å². The highest BCUT2D eigenvalue weighted by molar-refractivity contribution is 5.21. The Hall–Kier alpha value is -2.01. The molecule has 0 aliphatic rings. The Kier molecular flexibility index (Phi) is 5.08. The fourth-order valence-electron chi connectivity index (χ4n) is 1.54. The summed E-state index contributed by atoms with van der Waals surface area (Å²) in [4.78, 5) is 12.3. The molecule has 0 fully saturated rings. The van der Waals surface area contributed by atoms with Gasteiger partial charge in [-0.2, -0.15) is 0 Å². The van der Waals surface area contributed by atoms with Crippen LogP contribution in [-0.4, -0.2) is 28.0 Å². The van der Waals surface area contributed by atoms with Crippen molar-refractivity contribution in [2.75, 3.05) is 18.4 Å². The lowest BCUT2D eigenvalue weighted by molar-refractivity contribution is 0.661. The van der Waals surface area contributed by atoms with Crippen molar-refractivity contribution in [2.45, 2.75) is 13.0 Å². The Labute approximate surface area is 107 Å². The van der Waals surface area contributed by atoms with Crippen LogP contribution in [-0.2, 0) is 6.54 Å². The topological polar surface area (TPSA) is 62.7 Å². The van der Waals surface area contributed by atoms with Gasteiger partial charge in [-0.25, -0.2) is 9.97 Å². The molecule has 2 heterocycles. The summed E-state index contributed by atoms with van der Waals surface area (Å²) in [6, 6.07) is 5.82. The number of hydrogen-bond donors (Lipinski definition) is 2. The average molecular weight is 243 g/mol. The molecule has 2 N–H and O–H groups in total. The van der Waals surface area contributed by atoms with Gasteiger partial charge in [0.05, 0.1) is 0 Å². The highest BCUT2D eigenvalue weighted by Gasteiger charge is 1.93. The van der Waals surface area contributed by atoms with Gasteiger partial charge in [-0.1, -0.05) is 6.07 Å². The molecule has 0 aliphatic heterocycles. The van der Waals surface area contributed by atoms with Crippen LogP contribution >= 0.6 is 0 Å². The third-order valence-corrected chi connectivity index (χ3v) is 2.43. The van der Waals surface area contributed by atoms with Gasteiger partial charge in [0.25, 0.3) is 0 Å². The van der Waals surface area contributed by atoms with E-state index in [-0.39, 0.29) is 0 Å². The molecule has 0 unspecified atom stereocenters. The van der Waals surface area contributed by atoms with Gasteiger partial charge in [0.15, 0.2) is 0 Å². The summed E-state index contributed by atoms with van der Waals surface area (Å²) in [5.41, 5.74) is 1.21. The molecule has 18 heavy (non-hydrogen) atoms. The maximum atomic E-state index is 4.09. The molecule has 0 bridgehead atoms. The maximum absolute atomic E-state index is 4.09. The second-order valence-electron chi connectivity index (χ2n) is 3.89. The van der Waals surface area contributed by atoms with Crippen molar-refractivity contribution in [3.63, 3.8) is 0 Å². The molecule has 0 radical (unpaired) electrons. The highest BCUT2D eigenvalue weighted by Crippen LogP contribution is 1.95. The number of rotatable bonds is 7. The SMILES string of the molecule is c1cnc(NCCCNCc2cccnc2)nc1. The number of nitrogens with zero attached hydrogens (tertiary/aromatic N) is 3. The first-order valence-electron chi connectivity index (χ1n) is 6.05. The Bertz CT molecular complexity index is 388. The summed E-state index contributed by atoms with van der Waals surface area (Å²) in [6.45, 7) is 2.68. The number of aromatic nitrogens is 3. The molecular weight excluding hydrogens is 226 g/mol. The van der Waals surface area contributed by atoms with E-state index in [0.717, 1.165) is 26.1 Å². The van der Waals surface area contributed by atoms with E-state index in [9.17, 15) is 0 Å². The summed E-state index contributed by atoms with van der Waals surface area (Å²) in [7, 11) is 0. The molecule has 0 atom stereocenters. The lowest BCUT2D eigenvalue weighted by Crippen LogP contribution is -2.18. The first-order valence-corrected chi connectivity index (χ1v) is 6.05. The van der Waals surface area contributed by atoms with E-state index in [1.54, 1.807) is 24.7 Å². The van der Waals surface area contributed by atoms with Crippen molar-refractivity contribution >= 4 is 5.95 Å². The van der Waals surface area contributed by atoms with E-state index in [1.165, 1.54) is 5.56 Å². The molecule has 0 saturated carbocycles. The molecule has 5 nitrogen and oxygen atoms in total. The lowest BCUT2D eigenvalue weighted by atomic mass is 10.3. The van der Waals surface area contributed by atoms with Crippen molar-refractivity contribution in [1.29, 1.82) is 0 Å². The molecule has 0 saturated heterocycles. The number of hydrogen-bond acceptors (Lipinski definition) is 5. The quantitative estimate of drug-likeness (QED) is 0.721. The van der Waals surface area contributed by atoms with Gasteiger partial charge in [0.2, 0.25) is 5.95 Å². The second-order valence-corrected chi connectivity index (χ2v) is 3.89. The smallest absolute Gasteiger partial charge is 0.222 e. The van der Waals surface area contributed by atoms with Crippen LogP contribution in [0.2, 0.25) is 0 Å². The van der Waals surface area contributed by atoms with Crippen LogP contribution in [0.25, 0.3) is 0 Å². The third kappa shape index (κ3) is 4.47. The zero-order valence-electron chi connectivity index (χ0n) is 10.2. The van der Waals surface area contributed by atoms with Crippen LogP contribution in [0.1, 0.15) is 12.0 Å². The van der Waals surface area contributed by atoms with Crippen molar-refractivity contribution in [2.24, 2.45) is 0 Å². The Morgan fingerprint density at radius 3 is 2.67 bits per heavy atom. The van der Waals surface area contributed by atoms with E-state index in [4.69, 9.17) is 0 Å². The molecule has 0 aliphatic carbocycles. The van der Waals surface area contributed by atoms with Crippen molar-refractivity contribution < 1.29 is 0 Å². The van der Waals surface area contributed by atoms with E-state index >= 15 is 0 Å². The molecule has 0 aromatic carbocycles. The Morgan fingerprint density at radius 2 is 1.89 bits per heavy atom. The zero-order chi connectivity index (χ0) is 12.5. The highest BCUT2D eigenvalue weighted by atomic mass is 15.1. The standard InChI is InChI=1S/C13H17N5/c1-4-12(10-14-5-1)11-15-6-2-7-16-13-17-8-3-9-18-13/h1,3-5,8-10,15H,2,6-7,11H2,(H,16,17,18). The molecule has 2 aromatic heterocycles. The van der Waals surface area contributed by atoms with Gasteiger partial charge >= 0.3 is 0 Å². The van der Waals surface area contributed by atoms with E-state index in [1.807, 2.05) is 12.3 Å². The minimum absolute atomic E-state index is 0.685. The molecule has 0 amide bonds. The molecule has 5 heteroatoms. The molecular formula is C13H17N5. The summed E-state index contributed by atoms with van der Waals surface area (Å²) in [5, 5.41) is 6.54. The monoisotopic (exact) mass is 243 g/mol. The average Bonchev–Trinajstić information content (AvgIpc) is 2.45. The Balaban J connectivity index is 1.54. The van der Waals surface area contributed by atoms with E-state index in [0.29, 0.717) is 5.95 Å². The number of anilines is 1. The number of pyridine rings is 1. The minimum atomic E-state index is 0.685. The predicted octanol–water partition coefficient (Wildman–Crippen LogP) is 1.46. The number of nitrogens with one attached hydrogen (secondary N) is 2. The summed E-state index contributed by atoms with van der Waals surface area (Å²) in [5.74, 6) is 0.685. The normalized spacial score (nSPS) is 10.2. The first-order chi connectivity index (χ1) is 8.95. The van der Waals surface area contributed by atoms with Crippen LogP contribution < -0.4 is 10.6 Å². The fourth-order valence-corrected chi connectivity index (χ4v) is 1.54. The van der Waals surface area contributed by atoms with Gasteiger partial charge in [0.1, 0.15) is 0 Å². The van der Waals surface area contributed by atoms with E-state index < -0.39 is 0 Å². The predicted molar refractivity (Wildman–Crippen MR) is 71.1 cm³/mol. The summed E-state index contributed by atoms with van der Waals surface area (Å²) < 4.78 is 0. The first kappa shape index (κ1) is 12.4. The van der Waals surface area contributed by atoms with Crippen molar-refractivity contribution in [3.05, 3.63) is 48.5 Å². The van der Waals surface area contributed by atoms with Crippen LogP contribution in [0.4, 0.5) is 5.95 Å². The van der Waals surface area contributed by atoms with Crippen LogP contribution in [0.15, 0.2) is 43.0 Å². The van der Waals surface area contributed by atoms with E-state index in [2.05, 4.69) is 31.7 Å². The third-order valence-electron chi connectivity index (χ3n) is 2.43. The van der Waals surface area contributed by atoms with Gasteiger partial charge < -0.3 is 10.6 Å². The molecule has 94 valence electrons. The zero-order valence-corrected chi connectivity index (χ0v) is 10.2. The summed E-state index contributed by atoms with van der Waals surface area (Å²) >= 11 is 0. The second kappa shape index (κ2) is 7.34. The fraction of sp³-hybridized carbons (Fsp3) is 0.308. The summed E-state index contributed by atoms with van der Waals surface area (Å²) in [6.07, 6.45) is 8.15. The largest absolute Gasteiger partial charge is 0.354 e.